The molecule has 0 aliphatic heterocycles. The van der Waals surface area contributed by atoms with Gasteiger partial charge in [0, 0.05) is 17.5 Å². The Morgan fingerprint density at radius 3 is 2.68 bits per heavy atom. The summed E-state index contributed by atoms with van der Waals surface area (Å²) in [4.78, 5) is 12.5. The number of rotatable bonds is 7. The first-order valence-corrected chi connectivity index (χ1v) is 9.34. The Kier molecular flexibility index (Phi) is 7.22. The number of carbonyl (C=O) groups excluding carboxylic acids is 1. The second-order valence-electron chi connectivity index (χ2n) is 6.73. The summed E-state index contributed by atoms with van der Waals surface area (Å²) in [6, 6.07) is 13.5. The molecule has 0 fully saturated rings. The fraction of sp³-hybridized carbons (Fsp3) is 0.304. The minimum Gasteiger partial charge on any atom is -0.494 e. The quantitative estimate of drug-likeness (QED) is 0.541. The summed E-state index contributed by atoms with van der Waals surface area (Å²) in [7, 11) is 0. The number of nitrogens with zero attached hydrogens (tertiary/aromatic N) is 1. The van der Waals surface area contributed by atoms with E-state index in [0.717, 1.165) is 28.0 Å². The second kappa shape index (κ2) is 9.61. The smallest absolute Gasteiger partial charge is 0.267 e. The molecule has 0 heterocycles. The second-order valence-corrected chi connectivity index (χ2v) is 6.73. The molecule has 0 bridgehead atoms. The summed E-state index contributed by atoms with van der Waals surface area (Å²) in [5.74, 6) is 0.352. The zero-order valence-electron chi connectivity index (χ0n) is 17.1. The molecule has 2 aromatic rings. The lowest BCUT2D eigenvalue weighted by molar-refractivity contribution is -0.112. The maximum Gasteiger partial charge on any atom is 0.267 e. The van der Waals surface area contributed by atoms with Crippen molar-refractivity contribution in [3.05, 3.63) is 70.4 Å². The van der Waals surface area contributed by atoms with Gasteiger partial charge < -0.3 is 15.4 Å². The molecule has 1 unspecified atom stereocenters. The van der Waals surface area contributed by atoms with Gasteiger partial charge in [0.05, 0.1) is 12.6 Å². The molecule has 5 heteroatoms. The van der Waals surface area contributed by atoms with Gasteiger partial charge in [-0.1, -0.05) is 29.8 Å². The van der Waals surface area contributed by atoms with E-state index in [1.807, 2.05) is 77.1 Å². The van der Waals surface area contributed by atoms with Gasteiger partial charge in [-0.2, -0.15) is 5.26 Å². The topological polar surface area (TPSA) is 74.1 Å². The van der Waals surface area contributed by atoms with Crippen LogP contribution in [0.1, 0.15) is 42.1 Å². The molecule has 0 radical (unpaired) electrons. The van der Waals surface area contributed by atoms with Gasteiger partial charge in [0.15, 0.2) is 0 Å². The Bertz CT molecular complexity index is 926. The number of carbonyl (C=O) groups is 1. The van der Waals surface area contributed by atoms with Crippen molar-refractivity contribution in [2.24, 2.45) is 0 Å². The van der Waals surface area contributed by atoms with Crippen molar-refractivity contribution < 1.29 is 9.53 Å². The molecule has 1 atom stereocenters. The molecule has 2 N–H and O–H groups in total. The van der Waals surface area contributed by atoms with Crippen LogP contribution in [-0.2, 0) is 4.79 Å². The lowest BCUT2D eigenvalue weighted by Gasteiger charge is -2.18. The lowest BCUT2D eigenvalue weighted by Crippen LogP contribution is -2.19. The van der Waals surface area contributed by atoms with Crippen LogP contribution in [0.4, 0.5) is 5.69 Å². The highest BCUT2D eigenvalue weighted by atomic mass is 16.5. The first kappa shape index (κ1) is 21.0. The van der Waals surface area contributed by atoms with E-state index in [-0.39, 0.29) is 11.6 Å². The van der Waals surface area contributed by atoms with E-state index in [0.29, 0.717) is 12.3 Å². The van der Waals surface area contributed by atoms with E-state index in [1.54, 1.807) is 0 Å². The molecule has 0 aromatic heterocycles. The van der Waals surface area contributed by atoms with Gasteiger partial charge in [0.1, 0.15) is 17.4 Å². The Balaban J connectivity index is 2.17. The average molecular weight is 377 g/mol. The monoisotopic (exact) mass is 377 g/mol. The molecule has 2 rings (SSSR count). The molecular weight excluding hydrogens is 350 g/mol. The van der Waals surface area contributed by atoms with E-state index >= 15 is 0 Å². The van der Waals surface area contributed by atoms with Crippen molar-refractivity contribution in [3.8, 4) is 11.8 Å². The Morgan fingerprint density at radius 1 is 1.25 bits per heavy atom. The number of hydrogen-bond donors (Lipinski definition) is 2. The SMILES string of the molecule is CCOc1ccc(C)cc1C(C)N/C=C(/C#N)C(=O)Nc1cccc(C)c1C. The normalized spacial score (nSPS) is 12.1. The molecule has 146 valence electrons. The van der Waals surface area contributed by atoms with Crippen molar-refractivity contribution in [1.82, 2.24) is 5.32 Å². The molecule has 0 aliphatic carbocycles. The standard InChI is InChI=1S/C23H27N3O2/c1-6-28-22-11-10-15(2)12-20(22)18(5)25-14-19(13-24)23(27)26-21-9-7-8-16(3)17(21)4/h7-12,14,18,25H,6H2,1-5H3,(H,26,27)/b19-14-. The van der Waals surface area contributed by atoms with E-state index in [2.05, 4.69) is 10.6 Å². The summed E-state index contributed by atoms with van der Waals surface area (Å²) in [5.41, 5.74) is 4.87. The van der Waals surface area contributed by atoms with Crippen LogP contribution in [0.15, 0.2) is 48.2 Å². The van der Waals surface area contributed by atoms with Crippen molar-refractivity contribution in [2.75, 3.05) is 11.9 Å². The third kappa shape index (κ3) is 5.14. The van der Waals surface area contributed by atoms with Crippen molar-refractivity contribution in [1.29, 1.82) is 5.26 Å². The molecule has 2 aromatic carbocycles. The Labute approximate surface area is 167 Å². The number of ether oxygens (including phenoxy) is 1. The minimum atomic E-state index is -0.440. The van der Waals surface area contributed by atoms with Gasteiger partial charge in [0.2, 0.25) is 0 Å². The highest BCUT2D eigenvalue weighted by molar-refractivity contribution is 6.06. The fourth-order valence-corrected chi connectivity index (χ4v) is 2.82. The number of anilines is 1. The maximum absolute atomic E-state index is 12.5. The average Bonchev–Trinajstić information content (AvgIpc) is 2.67. The molecule has 0 saturated carbocycles. The van der Waals surface area contributed by atoms with Crippen LogP contribution in [-0.4, -0.2) is 12.5 Å². The molecule has 0 saturated heterocycles. The molecule has 28 heavy (non-hydrogen) atoms. The van der Waals surface area contributed by atoms with Crippen LogP contribution in [0.25, 0.3) is 0 Å². The van der Waals surface area contributed by atoms with E-state index in [9.17, 15) is 10.1 Å². The van der Waals surface area contributed by atoms with Crippen LogP contribution in [0.5, 0.6) is 5.75 Å². The molecule has 0 spiro atoms. The third-order valence-corrected chi connectivity index (χ3v) is 4.63. The Hall–Kier alpha value is -3.26. The molecule has 0 aliphatic rings. The minimum absolute atomic E-state index is 0.0124. The number of aryl methyl sites for hydroxylation is 2. The van der Waals surface area contributed by atoms with Gasteiger partial charge in [-0.05, 0) is 57.9 Å². The van der Waals surface area contributed by atoms with Gasteiger partial charge in [-0.25, -0.2) is 0 Å². The van der Waals surface area contributed by atoms with E-state index in [4.69, 9.17) is 4.74 Å². The zero-order chi connectivity index (χ0) is 20.7. The summed E-state index contributed by atoms with van der Waals surface area (Å²) >= 11 is 0. The molecule has 5 nitrogen and oxygen atoms in total. The van der Waals surface area contributed by atoms with Gasteiger partial charge in [-0.3, -0.25) is 4.79 Å². The summed E-state index contributed by atoms with van der Waals surface area (Å²) in [5, 5.41) is 15.4. The van der Waals surface area contributed by atoms with Gasteiger partial charge >= 0.3 is 0 Å². The summed E-state index contributed by atoms with van der Waals surface area (Å²) in [6.45, 7) is 10.4. The third-order valence-electron chi connectivity index (χ3n) is 4.63. The van der Waals surface area contributed by atoms with E-state index in [1.165, 1.54) is 6.20 Å². The summed E-state index contributed by atoms with van der Waals surface area (Å²) in [6.07, 6.45) is 1.46. The lowest BCUT2D eigenvalue weighted by atomic mass is 10.0. The number of benzene rings is 2. The zero-order valence-corrected chi connectivity index (χ0v) is 17.1. The number of hydrogen-bond acceptors (Lipinski definition) is 4. The number of nitriles is 1. The first-order valence-electron chi connectivity index (χ1n) is 9.34. The predicted octanol–water partition coefficient (Wildman–Crippen LogP) is 4.71. The van der Waals surface area contributed by atoms with Crippen LogP contribution >= 0.6 is 0 Å². The van der Waals surface area contributed by atoms with Crippen LogP contribution < -0.4 is 15.4 Å². The van der Waals surface area contributed by atoms with Gasteiger partial charge in [0.25, 0.3) is 5.91 Å². The molecule has 1 amide bonds. The first-order chi connectivity index (χ1) is 13.4. The fourth-order valence-electron chi connectivity index (χ4n) is 2.82. The van der Waals surface area contributed by atoms with Crippen molar-refractivity contribution in [2.45, 2.75) is 40.7 Å². The van der Waals surface area contributed by atoms with Crippen LogP contribution in [0.3, 0.4) is 0 Å². The Morgan fingerprint density at radius 2 is 2.00 bits per heavy atom. The highest BCUT2D eigenvalue weighted by Crippen LogP contribution is 2.26. The highest BCUT2D eigenvalue weighted by Gasteiger charge is 2.14. The number of amides is 1. The molecular formula is C23H27N3O2. The van der Waals surface area contributed by atoms with Crippen molar-refractivity contribution >= 4 is 11.6 Å². The van der Waals surface area contributed by atoms with Gasteiger partial charge in [-0.15, -0.1) is 0 Å². The van der Waals surface area contributed by atoms with Crippen LogP contribution in [0.2, 0.25) is 0 Å². The number of nitrogens with one attached hydrogen (secondary N) is 2. The summed E-state index contributed by atoms with van der Waals surface area (Å²) < 4.78 is 5.69. The van der Waals surface area contributed by atoms with Crippen molar-refractivity contribution in [3.63, 3.8) is 0 Å². The predicted molar refractivity (Wildman–Crippen MR) is 112 cm³/mol. The van der Waals surface area contributed by atoms with Crippen LogP contribution in [0, 0.1) is 32.1 Å². The maximum atomic E-state index is 12.5. The van der Waals surface area contributed by atoms with E-state index < -0.39 is 5.91 Å². The largest absolute Gasteiger partial charge is 0.494 e.